The quantitative estimate of drug-likeness (QED) is 0.0222. The zero-order valence-corrected chi connectivity index (χ0v) is 64.5. The number of phosphoric acid groups is 2. The molecule has 0 saturated heterocycles. The van der Waals surface area contributed by atoms with Crippen molar-refractivity contribution in [3.05, 3.63) is 0 Å². The number of hydrogen-bond donors (Lipinski definition) is 3. The first kappa shape index (κ1) is 94.1. The Morgan fingerprint density at radius 1 is 0.302 bits per heavy atom. The largest absolute Gasteiger partial charge is 0.472 e. The number of phosphoric ester groups is 2. The highest BCUT2D eigenvalue weighted by molar-refractivity contribution is 7.47. The molecule has 570 valence electrons. The molecule has 3 N–H and O–H groups in total. The maximum absolute atomic E-state index is 13.1. The Balaban J connectivity index is 5.25. The second-order valence-electron chi connectivity index (χ2n) is 28.5. The maximum Gasteiger partial charge on any atom is 0.472 e. The van der Waals surface area contributed by atoms with Crippen LogP contribution in [-0.2, 0) is 65.4 Å². The van der Waals surface area contributed by atoms with Crippen LogP contribution in [0.25, 0.3) is 0 Å². The van der Waals surface area contributed by atoms with Crippen LogP contribution in [0, 0.1) is 11.8 Å². The molecule has 6 atom stereocenters. The lowest BCUT2D eigenvalue weighted by Crippen LogP contribution is -2.30. The second kappa shape index (κ2) is 68.8. The highest BCUT2D eigenvalue weighted by Gasteiger charge is 2.30. The Morgan fingerprint density at radius 3 is 0.792 bits per heavy atom. The monoisotopic (exact) mass is 1410 g/mol. The number of ether oxygens (including phenoxy) is 4. The Hall–Kier alpha value is -1.94. The van der Waals surface area contributed by atoms with E-state index in [1.54, 1.807) is 0 Å². The van der Waals surface area contributed by atoms with Crippen molar-refractivity contribution in [1.29, 1.82) is 0 Å². The van der Waals surface area contributed by atoms with Crippen molar-refractivity contribution < 1.29 is 80.2 Å². The first-order chi connectivity index (χ1) is 46.4. The standard InChI is InChI=1S/C77H150O17P2/c1-7-10-12-14-16-18-20-22-27-31-35-42-48-54-60-75(80)87-65-72(93-76(81)61-55-49-43-36-32-28-25-23-24-26-29-33-39-45-51-57-69(4)5)67-91-95(83,84)89-63-71(78)64-90-96(85,86)92-68-73(94-77(82)62-56-50-44-38-37-40-46-52-58-70(6)9-3)66-88-74(79)59-53-47-41-34-30-21-19-17-15-13-11-8-2/h69-73,78H,7-68H2,1-6H3,(H,83,84)(H,85,86)/t70?,71-,72-,73-/m1/s1. The Bertz CT molecular complexity index is 1860. The van der Waals surface area contributed by atoms with Gasteiger partial charge < -0.3 is 33.8 Å². The summed E-state index contributed by atoms with van der Waals surface area (Å²) in [7, 11) is -9.91. The van der Waals surface area contributed by atoms with Crippen molar-refractivity contribution in [3.8, 4) is 0 Å². The topological polar surface area (TPSA) is 237 Å². The van der Waals surface area contributed by atoms with Gasteiger partial charge in [0.05, 0.1) is 26.4 Å². The third-order valence-corrected chi connectivity index (χ3v) is 20.2. The minimum absolute atomic E-state index is 0.106. The Labute approximate surface area is 588 Å². The molecule has 17 nitrogen and oxygen atoms in total. The second-order valence-corrected chi connectivity index (χ2v) is 31.4. The van der Waals surface area contributed by atoms with E-state index < -0.39 is 97.5 Å². The van der Waals surface area contributed by atoms with Gasteiger partial charge in [-0.2, -0.15) is 0 Å². The van der Waals surface area contributed by atoms with E-state index >= 15 is 0 Å². The summed E-state index contributed by atoms with van der Waals surface area (Å²) >= 11 is 0. The molecule has 0 saturated carbocycles. The lowest BCUT2D eigenvalue weighted by atomic mass is 9.99. The summed E-state index contributed by atoms with van der Waals surface area (Å²) in [5.74, 6) is -0.541. The maximum atomic E-state index is 13.1. The molecule has 0 spiro atoms. The van der Waals surface area contributed by atoms with Gasteiger partial charge in [-0.3, -0.25) is 37.3 Å². The fourth-order valence-electron chi connectivity index (χ4n) is 11.8. The van der Waals surface area contributed by atoms with E-state index in [9.17, 15) is 43.2 Å². The molecule has 0 amide bonds. The highest BCUT2D eigenvalue weighted by atomic mass is 31.2. The number of carbonyl (C=O) groups is 4. The average Bonchev–Trinajstić information content (AvgIpc) is 1.30. The number of hydrogen-bond acceptors (Lipinski definition) is 15. The molecular weight excluding hydrogens is 1260 g/mol. The highest BCUT2D eigenvalue weighted by Crippen LogP contribution is 2.45. The van der Waals surface area contributed by atoms with Crippen LogP contribution in [-0.4, -0.2) is 96.7 Å². The number of aliphatic hydroxyl groups excluding tert-OH is 1. The van der Waals surface area contributed by atoms with Gasteiger partial charge in [0.25, 0.3) is 0 Å². The molecule has 96 heavy (non-hydrogen) atoms. The van der Waals surface area contributed by atoms with Crippen LogP contribution in [0.5, 0.6) is 0 Å². The molecule has 0 bridgehead atoms. The van der Waals surface area contributed by atoms with Gasteiger partial charge in [0.2, 0.25) is 0 Å². The van der Waals surface area contributed by atoms with Gasteiger partial charge >= 0.3 is 39.5 Å². The van der Waals surface area contributed by atoms with Gasteiger partial charge in [0.15, 0.2) is 12.2 Å². The van der Waals surface area contributed by atoms with Crippen molar-refractivity contribution in [2.45, 2.75) is 419 Å². The fourth-order valence-corrected chi connectivity index (χ4v) is 13.4. The first-order valence-corrected chi connectivity index (χ1v) is 43.0. The summed E-state index contributed by atoms with van der Waals surface area (Å²) in [5.41, 5.74) is 0. The lowest BCUT2D eigenvalue weighted by Gasteiger charge is -2.21. The van der Waals surface area contributed by atoms with E-state index in [-0.39, 0.29) is 25.7 Å². The molecular formula is C77H150O17P2. The van der Waals surface area contributed by atoms with Crippen molar-refractivity contribution in [3.63, 3.8) is 0 Å². The van der Waals surface area contributed by atoms with Gasteiger partial charge in [-0.15, -0.1) is 0 Å². The fraction of sp³-hybridized carbons (Fsp3) is 0.948. The molecule has 0 fully saturated rings. The molecule has 0 aliphatic rings. The number of carbonyl (C=O) groups excluding carboxylic acids is 4. The zero-order valence-electron chi connectivity index (χ0n) is 62.7. The number of aliphatic hydroxyl groups is 1. The summed E-state index contributed by atoms with van der Waals surface area (Å²) in [4.78, 5) is 72.9. The van der Waals surface area contributed by atoms with Crippen LogP contribution in [0.3, 0.4) is 0 Å². The van der Waals surface area contributed by atoms with Crippen molar-refractivity contribution in [2.24, 2.45) is 11.8 Å². The van der Waals surface area contributed by atoms with Crippen molar-refractivity contribution in [1.82, 2.24) is 0 Å². The van der Waals surface area contributed by atoms with E-state index in [0.29, 0.717) is 25.7 Å². The van der Waals surface area contributed by atoms with E-state index in [1.165, 1.54) is 218 Å². The predicted molar refractivity (Wildman–Crippen MR) is 391 cm³/mol. The molecule has 0 aliphatic carbocycles. The molecule has 19 heteroatoms. The smallest absolute Gasteiger partial charge is 0.462 e. The van der Waals surface area contributed by atoms with Crippen LogP contribution in [0.1, 0.15) is 401 Å². The van der Waals surface area contributed by atoms with Gasteiger partial charge in [-0.05, 0) is 37.5 Å². The van der Waals surface area contributed by atoms with Gasteiger partial charge in [-0.1, -0.05) is 350 Å². The summed E-state index contributed by atoms with van der Waals surface area (Å²) in [6.07, 6.45) is 56.7. The van der Waals surface area contributed by atoms with Crippen molar-refractivity contribution >= 4 is 39.5 Å². The predicted octanol–water partition coefficient (Wildman–Crippen LogP) is 22.7. The molecule has 0 radical (unpaired) electrons. The van der Waals surface area contributed by atoms with Gasteiger partial charge in [0, 0.05) is 25.7 Å². The van der Waals surface area contributed by atoms with E-state index in [1.807, 2.05) is 0 Å². The van der Waals surface area contributed by atoms with Gasteiger partial charge in [0.1, 0.15) is 19.3 Å². The minimum atomic E-state index is -4.96. The first-order valence-electron chi connectivity index (χ1n) is 40.0. The lowest BCUT2D eigenvalue weighted by molar-refractivity contribution is -0.161. The van der Waals surface area contributed by atoms with Crippen LogP contribution < -0.4 is 0 Å². The normalized spacial score (nSPS) is 14.3. The summed E-state index contributed by atoms with van der Waals surface area (Å²) < 4.78 is 68.6. The molecule has 0 aromatic carbocycles. The van der Waals surface area contributed by atoms with Crippen LogP contribution >= 0.6 is 15.6 Å². The molecule has 0 aromatic rings. The number of rotatable bonds is 76. The van der Waals surface area contributed by atoms with E-state index in [4.69, 9.17) is 37.0 Å². The summed E-state index contributed by atoms with van der Waals surface area (Å²) in [6.45, 7) is 9.63. The molecule has 3 unspecified atom stereocenters. The third-order valence-electron chi connectivity index (χ3n) is 18.3. The molecule has 0 heterocycles. The SMILES string of the molecule is CCCCCCCCCCCCCCCCC(=O)OC[C@H](COP(=O)(O)OC[C@@H](O)COP(=O)(O)OC[C@@H](COC(=O)CCCCCCCCCCCCCC)OC(=O)CCCCCCCCCCC(C)CC)OC(=O)CCCCCCCCCCCCCCCCCC(C)C. The average molecular weight is 1410 g/mol. The van der Waals surface area contributed by atoms with Crippen LogP contribution in [0.15, 0.2) is 0 Å². The van der Waals surface area contributed by atoms with E-state index in [0.717, 1.165) is 102 Å². The van der Waals surface area contributed by atoms with Crippen molar-refractivity contribution in [2.75, 3.05) is 39.6 Å². The van der Waals surface area contributed by atoms with Crippen LogP contribution in [0.2, 0.25) is 0 Å². The van der Waals surface area contributed by atoms with Crippen LogP contribution in [0.4, 0.5) is 0 Å². The zero-order chi connectivity index (χ0) is 70.7. The van der Waals surface area contributed by atoms with E-state index in [2.05, 4.69) is 41.5 Å². The number of unbranched alkanes of at least 4 members (excludes halogenated alkanes) is 45. The molecule has 0 aromatic heterocycles. The molecule has 0 aliphatic heterocycles. The summed E-state index contributed by atoms with van der Waals surface area (Å²) in [5, 5.41) is 10.6. The summed E-state index contributed by atoms with van der Waals surface area (Å²) in [6, 6.07) is 0. The molecule has 0 rings (SSSR count). The van der Waals surface area contributed by atoms with Gasteiger partial charge in [-0.25, -0.2) is 9.13 Å². The Morgan fingerprint density at radius 2 is 0.531 bits per heavy atom. The minimum Gasteiger partial charge on any atom is -0.462 e. The Kier molecular flexibility index (Phi) is 67.4. The number of esters is 4. The third kappa shape index (κ3) is 69.2.